The predicted molar refractivity (Wildman–Crippen MR) is 73.3 cm³/mol. The van der Waals surface area contributed by atoms with Crippen molar-refractivity contribution in [1.29, 1.82) is 0 Å². The molecule has 0 radical (unpaired) electrons. The molecular formula is C11H11N7O2. The SMILES string of the molecule is Cc1nc(N)nc(N/N=C/c2ccc([N+](=O)[O-])cc2)n1. The quantitative estimate of drug-likeness (QED) is 0.484. The summed E-state index contributed by atoms with van der Waals surface area (Å²) in [5, 5.41) is 14.4. The molecule has 0 spiro atoms. The number of hydrogen-bond acceptors (Lipinski definition) is 8. The summed E-state index contributed by atoms with van der Waals surface area (Å²) in [6, 6.07) is 5.95. The molecule has 102 valence electrons. The van der Waals surface area contributed by atoms with Gasteiger partial charge in [-0.1, -0.05) is 0 Å². The van der Waals surface area contributed by atoms with E-state index in [2.05, 4.69) is 25.5 Å². The van der Waals surface area contributed by atoms with E-state index in [1.165, 1.54) is 18.3 Å². The number of nitrogens with two attached hydrogens (primary N) is 1. The van der Waals surface area contributed by atoms with Crippen LogP contribution in [-0.4, -0.2) is 26.1 Å². The molecule has 0 unspecified atom stereocenters. The number of hydrogen-bond donors (Lipinski definition) is 2. The van der Waals surface area contributed by atoms with Crippen LogP contribution in [0.15, 0.2) is 29.4 Å². The van der Waals surface area contributed by atoms with Crippen LogP contribution in [0, 0.1) is 17.0 Å². The minimum absolute atomic E-state index is 0.0241. The van der Waals surface area contributed by atoms with Gasteiger partial charge in [0.1, 0.15) is 5.82 Å². The Morgan fingerprint density at radius 1 is 1.30 bits per heavy atom. The summed E-state index contributed by atoms with van der Waals surface area (Å²) in [6.45, 7) is 1.68. The number of nitrogens with one attached hydrogen (secondary N) is 1. The van der Waals surface area contributed by atoms with Crippen LogP contribution in [0.1, 0.15) is 11.4 Å². The van der Waals surface area contributed by atoms with E-state index in [1.54, 1.807) is 19.1 Å². The third-order valence-corrected chi connectivity index (χ3v) is 2.25. The van der Waals surface area contributed by atoms with E-state index < -0.39 is 4.92 Å². The second-order valence-electron chi connectivity index (χ2n) is 3.78. The highest BCUT2D eigenvalue weighted by Crippen LogP contribution is 2.10. The van der Waals surface area contributed by atoms with Crippen LogP contribution < -0.4 is 11.2 Å². The summed E-state index contributed by atoms with van der Waals surface area (Å²) in [6.07, 6.45) is 1.49. The van der Waals surface area contributed by atoms with Crippen molar-refractivity contribution in [3.63, 3.8) is 0 Å². The standard InChI is InChI=1S/C11H11N7O2/c1-7-14-10(12)16-11(15-7)17-13-6-8-2-4-9(5-3-8)18(19)20/h2-6H,1H3,(H3,12,14,15,16,17)/b13-6+. The highest BCUT2D eigenvalue weighted by atomic mass is 16.6. The van der Waals surface area contributed by atoms with Gasteiger partial charge in [0.05, 0.1) is 11.1 Å². The van der Waals surface area contributed by atoms with Gasteiger partial charge in [0.2, 0.25) is 11.9 Å². The summed E-state index contributed by atoms with van der Waals surface area (Å²) < 4.78 is 0. The van der Waals surface area contributed by atoms with E-state index >= 15 is 0 Å². The second-order valence-corrected chi connectivity index (χ2v) is 3.78. The molecule has 1 aromatic heterocycles. The summed E-state index contributed by atoms with van der Waals surface area (Å²) in [4.78, 5) is 21.7. The molecule has 0 aliphatic carbocycles. The van der Waals surface area contributed by atoms with Crippen LogP contribution in [0.5, 0.6) is 0 Å². The lowest BCUT2D eigenvalue weighted by atomic mass is 10.2. The van der Waals surface area contributed by atoms with Crippen molar-refractivity contribution in [1.82, 2.24) is 15.0 Å². The Bertz CT molecular complexity index is 634. The van der Waals surface area contributed by atoms with E-state index in [1.807, 2.05) is 0 Å². The average Bonchev–Trinajstić information content (AvgIpc) is 2.38. The monoisotopic (exact) mass is 273 g/mol. The van der Waals surface area contributed by atoms with Crippen molar-refractivity contribution in [2.45, 2.75) is 6.92 Å². The number of non-ortho nitro benzene ring substituents is 1. The van der Waals surface area contributed by atoms with Gasteiger partial charge >= 0.3 is 0 Å². The molecule has 0 bridgehead atoms. The minimum Gasteiger partial charge on any atom is -0.368 e. The molecular weight excluding hydrogens is 262 g/mol. The molecule has 9 heteroatoms. The van der Waals surface area contributed by atoms with Gasteiger partial charge < -0.3 is 5.73 Å². The first-order chi connectivity index (χ1) is 9.54. The summed E-state index contributed by atoms with van der Waals surface area (Å²) in [5.41, 5.74) is 8.80. The first-order valence-corrected chi connectivity index (χ1v) is 5.56. The maximum Gasteiger partial charge on any atom is 0.269 e. The molecule has 1 aromatic carbocycles. The predicted octanol–water partition coefficient (Wildman–Crippen LogP) is 1.12. The number of hydrazone groups is 1. The highest BCUT2D eigenvalue weighted by Gasteiger charge is 2.02. The zero-order valence-electron chi connectivity index (χ0n) is 10.5. The first-order valence-electron chi connectivity index (χ1n) is 5.56. The van der Waals surface area contributed by atoms with E-state index in [0.717, 1.165) is 0 Å². The molecule has 0 aliphatic heterocycles. The molecule has 2 aromatic rings. The minimum atomic E-state index is -0.463. The van der Waals surface area contributed by atoms with E-state index in [-0.39, 0.29) is 17.6 Å². The van der Waals surface area contributed by atoms with Gasteiger partial charge in [0, 0.05) is 12.1 Å². The van der Waals surface area contributed by atoms with Crippen molar-refractivity contribution in [2.24, 2.45) is 5.10 Å². The maximum absolute atomic E-state index is 10.5. The Labute approximate surface area is 113 Å². The van der Waals surface area contributed by atoms with Crippen molar-refractivity contribution >= 4 is 23.8 Å². The summed E-state index contributed by atoms with van der Waals surface area (Å²) >= 11 is 0. The number of aromatic nitrogens is 3. The number of nitrogens with zero attached hydrogens (tertiary/aromatic N) is 5. The van der Waals surface area contributed by atoms with Gasteiger partial charge in [-0.25, -0.2) is 5.43 Å². The molecule has 0 atom stereocenters. The van der Waals surface area contributed by atoms with Crippen LogP contribution in [0.2, 0.25) is 0 Å². The van der Waals surface area contributed by atoms with E-state index in [9.17, 15) is 10.1 Å². The van der Waals surface area contributed by atoms with Crippen molar-refractivity contribution in [3.05, 3.63) is 45.8 Å². The molecule has 0 amide bonds. The van der Waals surface area contributed by atoms with Crippen molar-refractivity contribution in [3.8, 4) is 0 Å². The number of nitro groups is 1. The van der Waals surface area contributed by atoms with Gasteiger partial charge in [0.25, 0.3) is 5.69 Å². The normalized spacial score (nSPS) is 10.7. The molecule has 0 saturated heterocycles. The summed E-state index contributed by atoms with van der Waals surface area (Å²) in [5.74, 6) is 0.809. The maximum atomic E-state index is 10.5. The van der Waals surface area contributed by atoms with Crippen LogP contribution in [0.4, 0.5) is 17.6 Å². The molecule has 2 rings (SSSR count). The average molecular weight is 273 g/mol. The number of aryl methyl sites for hydroxylation is 1. The Balaban J connectivity index is 2.04. The first kappa shape index (κ1) is 13.3. The molecule has 3 N–H and O–H groups in total. The van der Waals surface area contributed by atoms with Crippen LogP contribution >= 0.6 is 0 Å². The largest absolute Gasteiger partial charge is 0.368 e. The number of rotatable bonds is 4. The van der Waals surface area contributed by atoms with Gasteiger partial charge in [-0.15, -0.1) is 0 Å². The molecule has 0 fully saturated rings. The molecule has 20 heavy (non-hydrogen) atoms. The molecule has 1 heterocycles. The lowest BCUT2D eigenvalue weighted by molar-refractivity contribution is -0.384. The number of benzene rings is 1. The fourth-order valence-electron chi connectivity index (χ4n) is 1.40. The van der Waals surface area contributed by atoms with Gasteiger partial charge in [-0.05, 0) is 24.6 Å². The van der Waals surface area contributed by atoms with Crippen molar-refractivity contribution < 1.29 is 4.92 Å². The lowest BCUT2D eigenvalue weighted by Crippen LogP contribution is -2.04. The fraction of sp³-hybridized carbons (Fsp3) is 0.0909. The number of nitro benzene ring substituents is 1. The molecule has 0 aliphatic rings. The molecule has 9 nitrogen and oxygen atoms in total. The Hall–Kier alpha value is -3.10. The zero-order valence-corrected chi connectivity index (χ0v) is 10.5. The third-order valence-electron chi connectivity index (χ3n) is 2.25. The van der Waals surface area contributed by atoms with E-state index in [0.29, 0.717) is 11.4 Å². The van der Waals surface area contributed by atoms with Crippen LogP contribution in [0.25, 0.3) is 0 Å². The Morgan fingerprint density at radius 2 is 2.00 bits per heavy atom. The lowest BCUT2D eigenvalue weighted by Gasteiger charge is -2.00. The topological polar surface area (TPSA) is 132 Å². The Morgan fingerprint density at radius 3 is 2.60 bits per heavy atom. The third kappa shape index (κ3) is 3.45. The van der Waals surface area contributed by atoms with Crippen LogP contribution in [0.3, 0.4) is 0 Å². The van der Waals surface area contributed by atoms with Crippen LogP contribution in [-0.2, 0) is 0 Å². The smallest absolute Gasteiger partial charge is 0.269 e. The Kier molecular flexibility index (Phi) is 3.80. The van der Waals surface area contributed by atoms with Gasteiger partial charge in [-0.3, -0.25) is 10.1 Å². The summed E-state index contributed by atoms with van der Waals surface area (Å²) in [7, 11) is 0. The highest BCUT2D eigenvalue weighted by molar-refractivity contribution is 5.80. The van der Waals surface area contributed by atoms with Gasteiger partial charge in [-0.2, -0.15) is 20.1 Å². The van der Waals surface area contributed by atoms with E-state index in [4.69, 9.17) is 5.73 Å². The molecule has 0 saturated carbocycles. The number of nitrogen functional groups attached to an aromatic ring is 1. The fourth-order valence-corrected chi connectivity index (χ4v) is 1.40. The number of anilines is 2. The van der Waals surface area contributed by atoms with Gasteiger partial charge in [0.15, 0.2) is 0 Å². The second kappa shape index (κ2) is 5.69. The van der Waals surface area contributed by atoms with Crippen molar-refractivity contribution in [2.75, 3.05) is 11.2 Å². The zero-order chi connectivity index (χ0) is 14.5.